The van der Waals surface area contributed by atoms with Crippen LogP contribution in [-0.4, -0.2) is 19.1 Å². The van der Waals surface area contributed by atoms with E-state index in [9.17, 15) is 4.79 Å². The van der Waals surface area contributed by atoms with Crippen molar-refractivity contribution in [1.82, 2.24) is 0 Å². The molecule has 1 heterocycles. The van der Waals surface area contributed by atoms with Crippen LogP contribution in [0.3, 0.4) is 0 Å². The van der Waals surface area contributed by atoms with E-state index in [-0.39, 0.29) is 7.33 Å². The van der Waals surface area contributed by atoms with Crippen molar-refractivity contribution in [3.63, 3.8) is 0 Å². The highest BCUT2D eigenvalue weighted by Crippen LogP contribution is 2.50. The van der Waals surface area contributed by atoms with E-state index in [1.165, 1.54) is 11.1 Å². The molecule has 0 unspecified atom stereocenters. The second kappa shape index (κ2) is 7.77. The van der Waals surface area contributed by atoms with Crippen LogP contribution in [0.1, 0.15) is 37.9 Å². The van der Waals surface area contributed by atoms with Crippen molar-refractivity contribution in [3.05, 3.63) is 77.4 Å². The Morgan fingerprint density at radius 2 is 1.90 bits per heavy atom. The first kappa shape index (κ1) is 19.7. The topological polar surface area (TPSA) is 47.6 Å². The molecular weight excluding hydrogens is 386 g/mol. The summed E-state index contributed by atoms with van der Waals surface area (Å²) in [5, 5.41) is 3.19. The molecule has 3 aromatic carbocycles. The summed E-state index contributed by atoms with van der Waals surface area (Å²) < 4.78 is 11.2. The van der Waals surface area contributed by atoms with Gasteiger partial charge in [-0.05, 0) is 84.8 Å². The van der Waals surface area contributed by atoms with Gasteiger partial charge in [-0.1, -0.05) is 30.3 Å². The second-order valence-electron chi connectivity index (χ2n) is 8.44. The van der Waals surface area contributed by atoms with Crippen molar-refractivity contribution >= 4 is 11.6 Å². The molecule has 0 bridgehead atoms. The van der Waals surface area contributed by atoms with Crippen LogP contribution in [0.25, 0.3) is 11.1 Å². The van der Waals surface area contributed by atoms with Crippen molar-refractivity contribution in [1.29, 1.82) is 0 Å². The first-order valence-electron chi connectivity index (χ1n) is 11.0. The van der Waals surface area contributed by atoms with Crippen LogP contribution in [0.15, 0.2) is 60.7 Å². The van der Waals surface area contributed by atoms with Gasteiger partial charge >= 0.3 is 0 Å². The predicted molar refractivity (Wildman–Crippen MR) is 125 cm³/mol. The third-order valence-corrected chi connectivity index (χ3v) is 6.40. The van der Waals surface area contributed by atoms with E-state index in [1.54, 1.807) is 0 Å². The molecular formula is C27H29NO3. The molecule has 1 fully saturated rings. The number of aryl methyl sites for hydroxylation is 1. The fourth-order valence-electron chi connectivity index (χ4n) is 4.41. The molecule has 0 radical (unpaired) electrons. The Morgan fingerprint density at radius 1 is 1.10 bits per heavy atom. The van der Waals surface area contributed by atoms with Crippen molar-refractivity contribution in [2.24, 2.45) is 0 Å². The molecule has 0 aromatic heterocycles. The van der Waals surface area contributed by atoms with Gasteiger partial charge in [0.05, 0.1) is 18.6 Å². The number of carbonyl (C=O) groups is 1. The molecule has 3 aromatic rings. The van der Waals surface area contributed by atoms with Crippen molar-refractivity contribution < 1.29 is 15.7 Å². The molecule has 1 aliphatic heterocycles. The van der Waals surface area contributed by atoms with E-state index in [2.05, 4.69) is 48.6 Å². The lowest BCUT2D eigenvalue weighted by Gasteiger charge is -2.18. The van der Waals surface area contributed by atoms with Crippen molar-refractivity contribution in [2.45, 2.75) is 38.5 Å². The summed E-state index contributed by atoms with van der Waals surface area (Å²) in [5.74, 6) is 1.90. The van der Waals surface area contributed by atoms with E-state index in [1.807, 2.05) is 31.2 Å². The summed E-state index contributed by atoms with van der Waals surface area (Å²) in [6, 6.07) is 20.4. The number of ether oxygens (including phenoxy) is 2. The smallest absolute Gasteiger partial charge is 0.235 e. The molecule has 2 aliphatic rings. The van der Waals surface area contributed by atoms with Gasteiger partial charge in [-0.25, -0.2) is 0 Å². The lowest BCUT2D eigenvalue weighted by atomic mass is 9.92. The summed E-state index contributed by atoms with van der Waals surface area (Å²) in [4.78, 5) is 13.3. The maximum Gasteiger partial charge on any atom is 0.235 e. The minimum absolute atomic E-state index is 0. The summed E-state index contributed by atoms with van der Waals surface area (Å²) in [5.41, 5.74) is 6.12. The zero-order valence-corrected chi connectivity index (χ0v) is 18.0. The zero-order chi connectivity index (χ0) is 21.4. The van der Waals surface area contributed by atoms with Crippen LogP contribution < -0.4 is 14.8 Å². The average molecular weight is 416 g/mol. The Balaban J connectivity index is 0.00000245. The van der Waals surface area contributed by atoms with Crippen molar-refractivity contribution in [3.8, 4) is 22.6 Å². The van der Waals surface area contributed by atoms with E-state index in [0.29, 0.717) is 6.61 Å². The second-order valence-corrected chi connectivity index (χ2v) is 8.44. The predicted octanol–water partition coefficient (Wildman–Crippen LogP) is 5.91. The highest BCUT2D eigenvalue weighted by molar-refractivity contribution is 6.02. The summed E-state index contributed by atoms with van der Waals surface area (Å²) >= 11 is 0. The number of benzene rings is 3. The lowest BCUT2D eigenvalue weighted by Crippen LogP contribution is -2.27. The molecule has 31 heavy (non-hydrogen) atoms. The van der Waals surface area contributed by atoms with Crippen LogP contribution >= 0.6 is 0 Å². The van der Waals surface area contributed by atoms with Gasteiger partial charge in [-0.15, -0.1) is 0 Å². The summed E-state index contributed by atoms with van der Waals surface area (Å²) in [6.45, 7) is 5.45. The van der Waals surface area contributed by atoms with Gasteiger partial charge in [0.2, 0.25) is 5.91 Å². The molecule has 1 aliphatic carbocycles. The number of rotatable bonds is 6. The minimum Gasteiger partial charge on any atom is -0.494 e. The van der Waals surface area contributed by atoms with Crippen molar-refractivity contribution in [2.75, 3.05) is 18.5 Å². The molecule has 0 spiro atoms. The number of amides is 1. The zero-order valence-electron chi connectivity index (χ0n) is 18.0. The Hall–Kier alpha value is -3.27. The standard InChI is InChI=1S/C27H27NO3.H2/c1-3-30-23-9-5-19(6-10-23)24-17-22(8-4-18(24)2)28-26(29)27(13-14-27)21-7-11-25-20(16-21)12-15-31-25;/h4-11,16-17H,3,12-15H2,1-2H3,(H,28,29);1H. The fraction of sp³-hybridized carbons (Fsp3) is 0.296. The molecule has 4 nitrogen and oxygen atoms in total. The number of hydrogen-bond acceptors (Lipinski definition) is 3. The monoisotopic (exact) mass is 415 g/mol. The highest BCUT2D eigenvalue weighted by atomic mass is 16.5. The normalized spacial score (nSPS) is 15.7. The SMILES string of the molecule is CCOc1ccc(-c2cc(NC(=O)C3(c4ccc5c(c4)CCO5)CC3)ccc2C)cc1.[HH]. The third-order valence-electron chi connectivity index (χ3n) is 6.40. The highest BCUT2D eigenvalue weighted by Gasteiger charge is 2.51. The van der Waals surface area contributed by atoms with Gasteiger partial charge in [0.15, 0.2) is 0 Å². The Kier molecular flexibility index (Phi) is 4.93. The number of anilines is 1. The molecule has 5 rings (SSSR count). The van der Waals surface area contributed by atoms with Crippen LogP contribution in [0, 0.1) is 6.92 Å². The number of carbonyl (C=O) groups excluding carboxylic acids is 1. The van der Waals surface area contributed by atoms with Gasteiger partial charge in [0.25, 0.3) is 0 Å². The molecule has 160 valence electrons. The van der Waals surface area contributed by atoms with Gasteiger partial charge < -0.3 is 14.8 Å². The average Bonchev–Trinajstić information content (AvgIpc) is 3.47. The molecule has 0 saturated heterocycles. The third kappa shape index (κ3) is 3.67. The quantitative estimate of drug-likeness (QED) is 0.544. The lowest BCUT2D eigenvalue weighted by molar-refractivity contribution is -0.118. The molecule has 1 saturated carbocycles. The van der Waals surface area contributed by atoms with Crippen LogP contribution in [-0.2, 0) is 16.6 Å². The van der Waals surface area contributed by atoms with Crippen LogP contribution in [0.4, 0.5) is 5.69 Å². The first-order valence-corrected chi connectivity index (χ1v) is 11.0. The summed E-state index contributed by atoms with van der Waals surface area (Å²) in [6.07, 6.45) is 2.69. The van der Waals surface area contributed by atoms with Crippen LogP contribution in [0.5, 0.6) is 11.5 Å². The Labute approximate surface area is 184 Å². The number of nitrogens with one attached hydrogen (secondary N) is 1. The Bertz CT molecular complexity index is 1140. The van der Waals surface area contributed by atoms with Crippen LogP contribution in [0.2, 0.25) is 0 Å². The minimum atomic E-state index is -0.415. The molecule has 0 atom stereocenters. The number of fused-ring (bicyclic) bond motifs is 1. The van der Waals surface area contributed by atoms with Gasteiger partial charge in [0.1, 0.15) is 11.5 Å². The van der Waals surface area contributed by atoms with Gasteiger partial charge in [-0.3, -0.25) is 4.79 Å². The van der Waals surface area contributed by atoms with E-state index >= 15 is 0 Å². The van der Waals surface area contributed by atoms with E-state index in [0.717, 1.165) is 59.7 Å². The Morgan fingerprint density at radius 3 is 2.65 bits per heavy atom. The van der Waals surface area contributed by atoms with Gasteiger partial charge in [0, 0.05) is 13.5 Å². The van der Waals surface area contributed by atoms with E-state index < -0.39 is 5.41 Å². The molecule has 4 heteroatoms. The van der Waals surface area contributed by atoms with E-state index in [4.69, 9.17) is 9.47 Å². The van der Waals surface area contributed by atoms with Gasteiger partial charge in [-0.2, -0.15) is 0 Å². The summed E-state index contributed by atoms with van der Waals surface area (Å²) in [7, 11) is 0. The number of hydrogen-bond donors (Lipinski definition) is 1. The molecule has 1 N–H and O–H groups in total. The molecule has 1 amide bonds. The largest absolute Gasteiger partial charge is 0.494 e. The fourth-order valence-corrected chi connectivity index (χ4v) is 4.41. The first-order chi connectivity index (χ1) is 15.1. The maximum atomic E-state index is 13.3. The maximum absolute atomic E-state index is 13.3.